The summed E-state index contributed by atoms with van der Waals surface area (Å²) in [6.45, 7) is 0. The van der Waals surface area contributed by atoms with Crippen molar-refractivity contribution < 1.29 is 14.7 Å². The van der Waals surface area contributed by atoms with E-state index in [0.717, 1.165) is 5.56 Å². The summed E-state index contributed by atoms with van der Waals surface area (Å²) >= 11 is 0. The first kappa shape index (κ1) is 16.9. The van der Waals surface area contributed by atoms with Crippen molar-refractivity contribution in [1.82, 2.24) is 20.1 Å². The van der Waals surface area contributed by atoms with Crippen molar-refractivity contribution in [2.75, 3.05) is 5.32 Å². The highest BCUT2D eigenvalue weighted by Gasteiger charge is 2.26. The highest BCUT2D eigenvalue weighted by Crippen LogP contribution is 2.24. The molecular formula is C17H21N5O3. The lowest BCUT2D eigenvalue weighted by Gasteiger charge is -2.26. The van der Waals surface area contributed by atoms with Crippen molar-refractivity contribution in [1.29, 1.82) is 0 Å². The Morgan fingerprint density at radius 1 is 1.16 bits per heavy atom. The first-order chi connectivity index (χ1) is 12.0. The van der Waals surface area contributed by atoms with Crippen LogP contribution in [0.25, 0.3) is 11.4 Å². The van der Waals surface area contributed by atoms with E-state index in [0.29, 0.717) is 37.2 Å². The molecule has 0 atom stereocenters. The fourth-order valence-electron chi connectivity index (χ4n) is 3.01. The third kappa shape index (κ3) is 4.34. The highest BCUT2D eigenvalue weighted by molar-refractivity contribution is 5.89. The number of urea groups is 1. The standard InChI is InChI=1S/C17H21N5O3/c1-22-10-18-15(21-22)11-2-6-13(7-3-11)19-17(25)20-14-8-4-12(5-9-14)16(23)24/h2-3,6-7,10,12,14H,4-5,8-9H2,1H3,(H,23,24)(H2,19,20,25). The summed E-state index contributed by atoms with van der Waals surface area (Å²) in [6.07, 6.45) is 4.22. The third-order valence-corrected chi connectivity index (χ3v) is 4.41. The summed E-state index contributed by atoms with van der Waals surface area (Å²) in [6, 6.07) is 7.04. The Morgan fingerprint density at radius 2 is 1.84 bits per heavy atom. The number of aromatic nitrogens is 3. The quantitative estimate of drug-likeness (QED) is 0.789. The predicted molar refractivity (Wildman–Crippen MR) is 92.0 cm³/mol. The van der Waals surface area contributed by atoms with Gasteiger partial charge in [-0.2, -0.15) is 5.10 Å². The number of hydrogen-bond donors (Lipinski definition) is 3. The van der Waals surface area contributed by atoms with Gasteiger partial charge in [0.15, 0.2) is 5.82 Å². The molecule has 1 aromatic carbocycles. The zero-order chi connectivity index (χ0) is 17.8. The SMILES string of the molecule is Cn1cnc(-c2ccc(NC(=O)NC3CCC(C(=O)O)CC3)cc2)n1. The number of nitrogens with zero attached hydrogens (tertiary/aromatic N) is 3. The summed E-state index contributed by atoms with van der Waals surface area (Å²) in [5, 5.41) is 18.9. The van der Waals surface area contributed by atoms with Gasteiger partial charge in [-0.3, -0.25) is 9.48 Å². The van der Waals surface area contributed by atoms with E-state index in [2.05, 4.69) is 20.7 Å². The average molecular weight is 343 g/mol. The Kier molecular flexibility index (Phi) is 4.97. The van der Waals surface area contributed by atoms with Crippen molar-refractivity contribution in [2.24, 2.45) is 13.0 Å². The Labute approximate surface area is 145 Å². The molecule has 2 aromatic rings. The van der Waals surface area contributed by atoms with Gasteiger partial charge >= 0.3 is 12.0 Å². The Hall–Kier alpha value is -2.90. The van der Waals surface area contributed by atoms with Crippen molar-refractivity contribution in [3.8, 4) is 11.4 Å². The molecule has 0 aliphatic heterocycles. The number of nitrogens with one attached hydrogen (secondary N) is 2. The molecule has 1 aliphatic carbocycles. The summed E-state index contributed by atoms with van der Waals surface area (Å²) in [5.41, 5.74) is 1.55. The lowest BCUT2D eigenvalue weighted by molar-refractivity contribution is -0.142. The molecule has 1 aromatic heterocycles. The Balaban J connectivity index is 1.51. The summed E-state index contributed by atoms with van der Waals surface area (Å²) in [4.78, 5) is 27.2. The Morgan fingerprint density at radius 3 is 2.40 bits per heavy atom. The molecule has 8 nitrogen and oxygen atoms in total. The minimum absolute atomic E-state index is 0.0209. The molecule has 1 aliphatic rings. The van der Waals surface area contributed by atoms with Crippen LogP contribution < -0.4 is 10.6 Å². The number of rotatable bonds is 4. The van der Waals surface area contributed by atoms with Gasteiger partial charge in [-0.25, -0.2) is 9.78 Å². The lowest BCUT2D eigenvalue weighted by atomic mass is 9.86. The number of aryl methyl sites for hydroxylation is 1. The van der Waals surface area contributed by atoms with E-state index in [4.69, 9.17) is 5.11 Å². The third-order valence-electron chi connectivity index (χ3n) is 4.41. The lowest BCUT2D eigenvalue weighted by Crippen LogP contribution is -2.40. The maximum absolute atomic E-state index is 12.1. The zero-order valence-corrected chi connectivity index (χ0v) is 14.0. The van der Waals surface area contributed by atoms with Crippen LogP contribution in [-0.4, -0.2) is 37.9 Å². The number of benzene rings is 1. The van der Waals surface area contributed by atoms with Gasteiger partial charge < -0.3 is 15.7 Å². The van der Waals surface area contributed by atoms with Crippen molar-refractivity contribution in [2.45, 2.75) is 31.7 Å². The number of anilines is 1. The molecule has 0 radical (unpaired) electrons. The molecule has 1 fully saturated rings. The molecular weight excluding hydrogens is 322 g/mol. The number of amides is 2. The number of carboxylic acid groups (broad SMARTS) is 1. The first-order valence-corrected chi connectivity index (χ1v) is 8.27. The van der Waals surface area contributed by atoms with E-state index in [9.17, 15) is 9.59 Å². The molecule has 1 saturated carbocycles. The van der Waals surface area contributed by atoms with Crippen LogP contribution in [-0.2, 0) is 11.8 Å². The van der Waals surface area contributed by atoms with Crippen molar-refractivity contribution >= 4 is 17.7 Å². The van der Waals surface area contributed by atoms with Gasteiger partial charge in [-0.05, 0) is 49.9 Å². The maximum atomic E-state index is 12.1. The number of carboxylic acids is 1. The molecule has 0 bridgehead atoms. The number of carbonyl (C=O) groups is 2. The second-order valence-corrected chi connectivity index (χ2v) is 6.30. The van der Waals surface area contributed by atoms with Crippen LogP contribution in [0.1, 0.15) is 25.7 Å². The van der Waals surface area contributed by atoms with Gasteiger partial charge in [-0.1, -0.05) is 0 Å². The molecule has 132 valence electrons. The molecule has 0 saturated heterocycles. The van der Waals surface area contributed by atoms with Gasteiger partial charge in [-0.15, -0.1) is 0 Å². The minimum atomic E-state index is -0.745. The molecule has 0 unspecified atom stereocenters. The molecule has 2 amide bonds. The first-order valence-electron chi connectivity index (χ1n) is 8.27. The molecule has 8 heteroatoms. The number of carbonyl (C=O) groups excluding carboxylic acids is 1. The number of aliphatic carboxylic acids is 1. The van der Waals surface area contributed by atoms with Gasteiger partial charge in [0, 0.05) is 24.3 Å². The Bertz CT molecular complexity index is 748. The van der Waals surface area contributed by atoms with Crippen LogP contribution in [0.3, 0.4) is 0 Å². The van der Waals surface area contributed by atoms with E-state index in [1.165, 1.54) is 0 Å². The molecule has 3 N–H and O–H groups in total. The second kappa shape index (κ2) is 7.33. The van der Waals surface area contributed by atoms with Crippen LogP contribution in [0.2, 0.25) is 0 Å². The van der Waals surface area contributed by atoms with Crippen molar-refractivity contribution in [3.63, 3.8) is 0 Å². The molecule has 3 rings (SSSR count). The van der Waals surface area contributed by atoms with E-state index in [1.807, 2.05) is 12.1 Å². The van der Waals surface area contributed by atoms with E-state index in [-0.39, 0.29) is 18.0 Å². The minimum Gasteiger partial charge on any atom is -0.481 e. The van der Waals surface area contributed by atoms with E-state index in [1.54, 1.807) is 30.2 Å². The van der Waals surface area contributed by atoms with Crippen molar-refractivity contribution in [3.05, 3.63) is 30.6 Å². The largest absolute Gasteiger partial charge is 0.481 e. The normalized spacial score (nSPS) is 20.0. The summed E-state index contributed by atoms with van der Waals surface area (Å²) < 4.78 is 1.63. The van der Waals surface area contributed by atoms with Crippen LogP contribution >= 0.6 is 0 Å². The van der Waals surface area contributed by atoms with Gasteiger partial charge in [0.1, 0.15) is 6.33 Å². The zero-order valence-electron chi connectivity index (χ0n) is 14.0. The maximum Gasteiger partial charge on any atom is 0.319 e. The fourth-order valence-corrected chi connectivity index (χ4v) is 3.01. The van der Waals surface area contributed by atoms with Crippen LogP contribution in [0.5, 0.6) is 0 Å². The average Bonchev–Trinajstić information content (AvgIpc) is 3.02. The summed E-state index contributed by atoms with van der Waals surface area (Å²) in [7, 11) is 1.81. The molecule has 0 spiro atoms. The van der Waals surface area contributed by atoms with Gasteiger partial charge in [0.05, 0.1) is 5.92 Å². The monoisotopic (exact) mass is 343 g/mol. The van der Waals surface area contributed by atoms with Crippen LogP contribution in [0, 0.1) is 5.92 Å². The van der Waals surface area contributed by atoms with Crippen LogP contribution in [0.15, 0.2) is 30.6 Å². The van der Waals surface area contributed by atoms with Gasteiger partial charge in [0.2, 0.25) is 0 Å². The molecule has 1 heterocycles. The highest BCUT2D eigenvalue weighted by atomic mass is 16.4. The van der Waals surface area contributed by atoms with Gasteiger partial charge in [0.25, 0.3) is 0 Å². The second-order valence-electron chi connectivity index (χ2n) is 6.30. The van der Waals surface area contributed by atoms with Crippen LogP contribution in [0.4, 0.5) is 10.5 Å². The fraction of sp³-hybridized carbons (Fsp3) is 0.412. The van der Waals surface area contributed by atoms with E-state index >= 15 is 0 Å². The van der Waals surface area contributed by atoms with E-state index < -0.39 is 5.97 Å². The summed E-state index contributed by atoms with van der Waals surface area (Å²) in [5.74, 6) is -0.395. The number of hydrogen-bond acceptors (Lipinski definition) is 4. The smallest absolute Gasteiger partial charge is 0.319 e. The predicted octanol–water partition coefficient (Wildman–Crippen LogP) is 2.25. The molecule has 25 heavy (non-hydrogen) atoms. The topological polar surface area (TPSA) is 109 Å².